The normalized spacial score (nSPS) is 15.4. The molecule has 0 radical (unpaired) electrons. The summed E-state index contributed by atoms with van der Waals surface area (Å²) in [4.78, 5) is 64.5. The average Bonchev–Trinajstić information content (AvgIpc) is 3.56. The van der Waals surface area contributed by atoms with E-state index in [0.717, 1.165) is 0 Å². The highest BCUT2D eigenvalue weighted by Gasteiger charge is 2.39. The van der Waals surface area contributed by atoms with E-state index in [2.05, 4.69) is 41.7 Å². The van der Waals surface area contributed by atoms with Crippen LogP contribution in [0.25, 0.3) is 17.0 Å². The van der Waals surface area contributed by atoms with Crippen LogP contribution in [0.4, 0.5) is 26.1 Å². The number of hydrogen-bond donors (Lipinski definition) is 6. The minimum atomic E-state index is -0.736. The van der Waals surface area contributed by atoms with E-state index < -0.39 is 23.6 Å². The number of anilines is 3. The van der Waals surface area contributed by atoms with E-state index in [1.165, 1.54) is 23.1 Å². The number of hydrogen-bond acceptors (Lipinski definition) is 14. The summed E-state index contributed by atoms with van der Waals surface area (Å²) >= 11 is 6.35. The molecule has 8 rings (SSSR count). The molecule has 68 heavy (non-hydrogen) atoms. The van der Waals surface area contributed by atoms with Gasteiger partial charge in [0.25, 0.3) is 5.91 Å². The van der Waals surface area contributed by atoms with E-state index in [0.29, 0.717) is 113 Å². The molecule has 1 aromatic heterocycles. The Kier molecular flexibility index (Phi) is 15.3. The first-order valence-corrected chi connectivity index (χ1v) is 22.2. The first-order chi connectivity index (χ1) is 33.1. The first-order valence-electron chi connectivity index (χ1n) is 21.8. The van der Waals surface area contributed by atoms with Gasteiger partial charge in [0.1, 0.15) is 23.4 Å². The molecule has 3 aliphatic rings. The Morgan fingerprint density at radius 2 is 1.68 bits per heavy atom. The summed E-state index contributed by atoms with van der Waals surface area (Å²) in [5, 5.41) is 18.6. The number of ether oxygens (including phenoxy) is 2. The van der Waals surface area contributed by atoms with Gasteiger partial charge in [-0.1, -0.05) is 35.9 Å². The maximum absolute atomic E-state index is 14.9. The first kappa shape index (κ1) is 47.2. The van der Waals surface area contributed by atoms with Crippen LogP contribution in [-0.2, 0) is 36.9 Å². The predicted molar refractivity (Wildman–Crippen MR) is 249 cm³/mol. The summed E-state index contributed by atoms with van der Waals surface area (Å²) < 4.78 is 41.2. The van der Waals surface area contributed by atoms with Crippen molar-refractivity contribution in [2.24, 2.45) is 10.1 Å². The standard InChI is InChI=1S/C48H46ClF2N11O6/c49-31-7-11-35-36(22-31)45(43-37(50)3-1-4-38(43)51)55-23-30-24-56-48(60-44(30)35)58-32-8-5-28(6-9-32)39(61-52)25-54-16-18-68-20-19-67-17-2-15-53-26-42(64)57-33-10-12-34-29(21-33)27-62(47(34)66)40-13-14-41(63)59-46(40)65/h1,3-12,21-22,24-25,40,52-54H,2,13-20,23,26-27H2,(H,57,64)(H,56,58,60)(H,59,63,65)/b39-25-,61-52?. The second kappa shape index (κ2) is 22.0. The van der Waals surface area contributed by atoms with Gasteiger partial charge in [-0.15, -0.1) is 0 Å². The lowest BCUT2D eigenvalue weighted by Gasteiger charge is -2.29. The van der Waals surface area contributed by atoms with Crippen LogP contribution in [0.2, 0.25) is 5.02 Å². The van der Waals surface area contributed by atoms with Crippen molar-refractivity contribution in [3.63, 3.8) is 0 Å². The smallest absolute Gasteiger partial charge is 0.255 e. The summed E-state index contributed by atoms with van der Waals surface area (Å²) in [5.74, 6) is -2.51. The zero-order valence-corrected chi connectivity index (χ0v) is 37.3. The molecule has 0 bridgehead atoms. The molecule has 20 heteroatoms. The number of fused-ring (bicyclic) bond motifs is 4. The van der Waals surface area contributed by atoms with Gasteiger partial charge in [-0.05, 0) is 79.5 Å². The van der Waals surface area contributed by atoms with Gasteiger partial charge in [0, 0.05) is 82.7 Å². The highest BCUT2D eigenvalue weighted by atomic mass is 35.5. The number of carbonyl (C=O) groups excluding carboxylic acids is 4. The molecule has 0 saturated carbocycles. The Balaban J connectivity index is 0.707. The molecule has 17 nitrogen and oxygen atoms in total. The lowest BCUT2D eigenvalue weighted by Crippen LogP contribution is -2.52. The number of imide groups is 1. The predicted octanol–water partition coefficient (Wildman–Crippen LogP) is 6.50. The number of aromatic nitrogens is 2. The van der Waals surface area contributed by atoms with Crippen molar-refractivity contribution in [2.45, 2.75) is 38.4 Å². The number of carbonyl (C=O) groups is 4. The summed E-state index contributed by atoms with van der Waals surface area (Å²) in [5.41, 5.74) is 13.4. The monoisotopic (exact) mass is 945 g/mol. The molecule has 4 aromatic carbocycles. The van der Waals surface area contributed by atoms with Crippen molar-refractivity contribution in [1.82, 2.24) is 30.8 Å². The number of aliphatic imine (C=N–C) groups is 1. The van der Waals surface area contributed by atoms with Crippen LogP contribution < -0.4 is 26.6 Å². The number of nitrogens with one attached hydrogen (secondary N) is 6. The third kappa shape index (κ3) is 11.3. The molecule has 4 heterocycles. The Labute approximate surface area is 394 Å². The zero-order valence-electron chi connectivity index (χ0n) is 36.5. The Morgan fingerprint density at radius 3 is 2.46 bits per heavy atom. The van der Waals surface area contributed by atoms with Crippen molar-refractivity contribution in [1.29, 1.82) is 5.53 Å². The van der Waals surface area contributed by atoms with Crippen LogP contribution in [0.3, 0.4) is 0 Å². The molecule has 4 amide bonds. The minimum Gasteiger partial charge on any atom is -0.387 e. The quantitative estimate of drug-likeness (QED) is 0.0281. The van der Waals surface area contributed by atoms with Crippen molar-refractivity contribution < 1.29 is 37.4 Å². The molecular weight excluding hydrogens is 900 g/mol. The van der Waals surface area contributed by atoms with E-state index >= 15 is 0 Å². The fourth-order valence-corrected chi connectivity index (χ4v) is 8.11. The number of halogens is 3. The lowest BCUT2D eigenvalue weighted by atomic mass is 9.95. The molecule has 1 atom stereocenters. The number of benzene rings is 4. The Hall–Kier alpha value is -7.32. The highest BCUT2D eigenvalue weighted by molar-refractivity contribution is 6.31. The van der Waals surface area contributed by atoms with Gasteiger partial charge in [0.15, 0.2) is 0 Å². The van der Waals surface area contributed by atoms with Gasteiger partial charge < -0.3 is 35.6 Å². The molecule has 1 unspecified atom stereocenters. The van der Waals surface area contributed by atoms with E-state index in [-0.39, 0.29) is 61.5 Å². The average molecular weight is 946 g/mol. The van der Waals surface area contributed by atoms with Gasteiger partial charge in [-0.3, -0.25) is 29.5 Å². The Bertz CT molecular complexity index is 2790. The van der Waals surface area contributed by atoms with Gasteiger partial charge >= 0.3 is 0 Å². The SMILES string of the molecule is N=N/C(=C\NCCOCCOCCCNCC(=O)Nc1ccc2c(c1)CN(C1CCC(=O)NC1=O)C2=O)c1ccc(Nc2ncc3c(n2)-c2ccc(Cl)cc2C(c2c(F)cccc2F)=NC3)cc1. The van der Waals surface area contributed by atoms with Gasteiger partial charge in [-0.25, -0.2) is 24.3 Å². The van der Waals surface area contributed by atoms with Crippen LogP contribution in [0.15, 0.2) is 101 Å². The van der Waals surface area contributed by atoms with Crippen LogP contribution >= 0.6 is 11.6 Å². The van der Waals surface area contributed by atoms with Crippen molar-refractivity contribution in [3.8, 4) is 11.3 Å². The van der Waals surface area contributed by atoms with E-state index in [1.807, 2.05) is 0 Å². The van der Waals surface area contributed by atoms with Crippen LogP contribution in [0.5, 0.6) is 0 Å². The second-order valence-corrected chi connectivity index (χ2v) is 16.3. The fraction of sp³-hybridized carbons (Fsp3) is 0.271. The third-order valence-corrected chi connectivity index (χ3v) is 11.5. The van der Waals surface area contributed by atoms with Crippen LogP contribution in [-0.4, -0.2) is 96.3 Å². The van der Waals surface area contributed by atoms with E-state index in [1.54, 1.807) is 73.1 Å². The fourth-order valence-electron chi connectivity index (χ4n) is 7.94. The molecule has 6 N–H and O–H groups in total. The topological polar surface area (TPSA) is 224 Å². The van der Waals surface area contributed by atoms with Crippen molar-refractivity contribution in [3.05, 3.63) is 141 Å². The van der Waals surface area contributed by atoms with Crippen LogP contribution in [0, 0.1) is 17.2 Å². The van der Waals surface area contributed by atoms with Crippen LogP contribution in [0.1, 0.15) is 57.4 Å². The summed E-state index contributed by atoms with van der Waals surface area (Å²) in [6.45, 7) is 3.11. The van der Waals surface area contributed by atoms with E-state index in [4.69, 9.17) is 31.6 Å². The maximum Gasteiger partial charge on any atom is 0.255 e. The molecule has 5 aromatic rings. The largest absolute Gasteiger partial charge is 0.387 e. The van der Waals surface area contributed by atoms with E-state index in [9.17, 15) is 28.0 Å². The molecule has 1 fully saturated rings. The number of nitrogens with zero attached hydrogens (tertiary/aromatic N) is 5. The summed E-state index contributed by atoms with van der Waals surface area (Å²) in [6, 6.07) is 20.3. The number of piperidine rings is 1. The second-order valence-electron chi connectivity index (χ2n) is 15.9. The van der Waals surface area contributed by atoms with Crippen molar-refractivity contribution in [2.75, 3.05) is 56.7 Å². The molecule has 3 aliphatic heterocycles. The molecule has 0 spiro atoms. The van der Waals surface area contributed by atoms with Crippen molar-refractivity contribution >= 4 is 64.0 Å². The lowest BCUT2D eigenvalue weighted by molar-refractivity contribution is -0.137. The Morgan fingerprint density at radius 1 is 0.912 bits per heavy atom. The summed E-state index contributed by atoms with van der Waals surface area (Å²) in [6.07, 6.45) is 4.41. The third-order valence-electron chi connectivity index (χ3n) is 11.3. The van der Waals surface area contributed by atoms with Gasteiger partial charge in [-0.2, -0.15) is 5.11 Å². The summed E-state index contributed by atoms with van der Waals surface area (Å²) in [7, 11) is 0. The van der Waals surface area contributed by atoms with Gasteiger partial charge in [0.05, 0.1) is 49.9 Å². The zero-order chi connectivity index (χ0) is 47.6. The minimum absolute atomic E-state index is 0.0881. The maximum atomic E-state index is 14.9. The molecule has 1 saturated heterocycles. The number of rotatable bonds is 20. The van der Waals surface area contributed by atoms with Gasteiger partial charge in [0.2, 0.25) is 23.7 Å². The molecular formula is C48H46ClF2N11O6. The molecule has 350 valence electrons. The number of amides is 4. The highest BCUT2D eigenvalue weighted by Crippen LogP contribution is 2.35. The molecule has 0 aliphatic carbocycles.